The van der Waals surface area contributed by atoms with Gasteiger partial charge in [-0.25, -0.2) is 19.3 Å². The zero-order chi connectivity index (χ0) is 32.3. The van der Waals surface area contributed by atoms with E-state index in [0.29, 0.717) is 24.9 Å². The van der Waals surface area contributed by atoms with Crippen LogP contribution < -0.4 is 10.6 Å². The topological polar surface area (TPSA) is 161 Å². The molecule has 0 spiro atoms. The first kappa shape index (κ1) is 31.6. The molecule has 2 fully saturated rings. The third kappa shape index (κ3) is 7.27. The predicted octanol–water partition coefficient (Wildman–Crippen LogP) is 3.60. The molecule has 4 N–H and O–H groups in total. The molecule has 0 bridgehead atoms. The molecule has 1 aromatic heterocycles. The highest BCUT2D eigenvalue weighted by atomic mass is 16.6. The number of carboxylic acid groups (broad SMARTS) is 1. The lowest BCUT2D eigenvalue weighted by molar-refractivity contribution is -0.150. The molecule has 4 atom stereocenters. The van der Waals surface area contributed by atoms with Gasteiger partial charge in [-0.05, 0) is 50.8 Å². The Hall–Kier alpha value is -4.87. The molecule has 45 heavy (non-hydrogen) atoms. The van der Waals surface area contributed by atoms with Crippen LogP contribution in [0.15, 0.2) is 60.8 Å². The number of aromatic nitrogens is 1. The van der Waals surface area contributed by atoms with E-state index in [1.54, 1.807) is 57.3 Å². The number of para-hydroxylation sites is 1. The first-order valence-electron chi connectivity index (χ1n) is 15.2. The summed E-state index contributed by atoms with van der Waals surface area (Å²) in [6.45, 7) is 5.51. The molecule has 5 amide bonds. The van der Waals surface area contributed by atoms with Crippen LogP contribution in [-0.4, -0.2) is 86.1 Å². The number of urea groups is 1. The van der Waals surface area contributed by atoms with E-state index in [4.69, 9.17) is 4.74 Å². The van der Waals surface area contributed by atoms with E-state index in [0.717, 1.165) is 21.4 Å². The lowest BCUT2D eigenvalue weighted by atomic mass is 9.90. The molecule has 3 heterocycles. The molecule has 0 radical (unpaired) electrons. The fraction of sp³-hybridized carbons (Fsp3) is 0.424. The molecule has 2 aromatic carbocycles. The Morgan fingerprint density at radius 1 is 1.04 bits per heavy atom. The summed E-state index contributed by atoms with van der Waals surface area (Å²) in [5.41, 5.74) is 1.63. The van der Waals surface area contributed by atoms with Gasteiger partial charge in [0.25, 0.3) is 0 Å². The van der Waals surface area contributed by atoms with E-state index in [2.05, 4.69) is 15.6 Å². The number of amides is 5. The molecular formula is C33H39N5O7. The van der Waals surface area contributed by atoms with Crippen LogP contribution in [-0.2, 0) is 32.0 Å². The fourth-order valence-electron chi connectivity index (χ4n) is 6.13. The summed E-state index contributed by atoms with van der Waals surface area (Å²) in [4.78, 5) is 71.4. The molecular weight excluding hydrogens is 578 g/mol. The first-order valence-corrected chi connectivity index (χ1v) is 15.2. The van der Waals surface area contributed by atoms with Crippen LogP contribution >= 0.6 is 0 Å². The number of nitrogens with zero attached hydrogens (tertiary/aromatic N) is 2. The van der Waals surface area contributed by atoms with Crippen molar-refractivity contribution in [3.8, 4) is 0 Å². The second kappa shape index (κ2) is 13.0. The number of alkyl carbamates (subject to hydrolysis) is 1. The highest BCUT2D eigenvalue weighted by Crippen LogP contribution is 2.29. The van der Waals surface area contributed by atoms with E-state index in [-0.39, 0.29) is 19.3 Å². The Labute approximate surface area is 261 Å². The number of carbonyl (C=O) groups excluding carboxylic acids is 4. The van der Waals surface area contributed by atoms with Gasteiger partial charge in [-0.1, -0.05) is 48.5 Å². The number of imide groups is 1. The van der Waals surface area contributed by atoms with Crippen molar-refractivity contribution in [3.05, 3.63) is 71.9 Å². The van der Waals surface area contributed by atoms with Gasteiger partial charge in [0.1, 0.15) is 17.7 Å². The summed E-state index contributed by atoms with van der Waals surface area (Å²) in [6.07, 6.45) is 2.11. The van der Waals surface area contributed by atoms with Gasteiger partial charge in [0, 0.05) is 48.9 Å². The number of carboxylic acids is 1. The smallest absolute Gasteiger partial charge is 0.408 e. The number of aromatic amines is 1. The summed E-state index contributed by atoms with van der Waals surface area (Å²) in [5.74, 6) is -2.35. The molecule has 2 saturated heterocycles. The lowest BCUT2D eigenvalue weighted by Crippen LogP contribution is -2.68. The number of benzene rings is 2. The van der Waals surface area contributed by atoms with Gasteiger partial charge in [-0.3, -0.25) is 9.59 Å². The molecule has 0 saturated carbocycles. The largest absolute Gasteiger partial charge is 0.480 e. The van der Waals surface area contributed by atoms with Crippen LogP contribution in [0.1, 0.15) is 51.2 Å². The number of rotatable bonds is 9. The van der Waals surface area contributed by atoms with E-state index in [1.807, 2.05) is 24.3 Å². The lowest BCUT2D eigenvalue weighted by Gasteiger charge is -2.47. The van der Waals surface area contributed by atoms with Gasteiger partial charge in [0.15, 0.2) is 0 Å². The minimum absolute atomic E-state index is 0.0157. The quantitative estimate of drug-likeness (QED) is 0.285. The summed E-state index contributed by atoms with van der Waals surface area (Å²) in [7, 11) is 0. The third-order valence-electron chi connectivity index (χ3n) is 8.19. The molecule has 12 nitrogen and oxygen atoms in total. The molecule has 12 heteroatoms. The average Bonchev–Trinajstić information content (AvgIpc) is 3.39. The zero-order valence-electron chi connectivity index (χ0n) is 25.6. The summed E-state index contributed by atoms with van der Waals surface area (Å²) >= 11 is 0. The van der Waals surface area contributed by atoms with Crippen molar-refractivity contribution >= 4 is 40.8 Å². The Morgan fingerprint density at radius 3 is 2.47 bits per heavy atom. The van der Waals surface area contributed by atoms with Crippen LogP contribution in [0.25, 0.3) is 10.9 Å². The second-order valence-corrected chi connectivity index (χ2v) is 12.6. The van der Waals surface area contributed by atoms with Crippen molar-refractivity contribution in [2.45, 2.75) is 82.6 Å². The average molecular weight is 618 g/mol. The van der Waals surface area contributed by atoms with Crippen LogP contribution in [0.2, 0.25) is 0 Å². The standard InChI is InChI=1S/C33H39N5O7/c1-33(2,3)45-31(43)36-25(17-21-19-34-23-13-8-7-12-22(21)23)29(40)35-24-14-9-15-37-26(24)18-28(39)38(32(37)44)27(30(41)42)16-20-10-5-4-6-11-20/h4-8,10-13,19,24-27,34H,9,14-18H2,1-3H3,(H,35,40)(H,36,43)(H,41,42)/t24-,25+,26+,27+/m1/s1. The summed E-state index contributed by atoms with van der Waals surface area (Å²) in [6, 6.07) is 12.2. The van der Waals surface area contributed by atoms with E-state index >= 15 is 0 Å². The first-order chi connectivity index (χ1) is 21.4. The van der Waals surface area contributed by atoms with Gasteiger partial charge in [-0.2, -0.15) is 0 Å². The van der Waals surface area contributed by atoms with Gasteiger partial charge in [-0.15, -0.1) is 0 Å². The molecule has 0 aliphatic carbocycles. The SMILES string of the molecule is CC(C)(C)OC(=O)N[C@@H](Cc1c[nH]c2ccccc12)C(=O)N[C@@H]1CCCN2C(=O)N([C@@H](Cc3ccccc3)C(=O)O)C(=O)C[C@@H]12. The number of hydrogen-bond acceptors (Lipinski definition) is 6. The zero-order valence-corrected chi connectivity index (χ0v) is 25.6. The second-order valence-electron chi connectivity index (χ2n) is 12.6. The fourth-order valence-corrected chi connectivity index (χ4v) is 6.13. The predicted molar refractivity (Wildman–Crippen MR) is 165 cm³/mol. The van der Waals surface area contributed by atoms with E-state index in [9.17, 15) is 29.1 Å². The number of nitrogens with one attached hydrogen (secondary N) is 3. The number of hydrogen-bond donors (Lipinski definition) is 4. The summed E-state index contributed by atoms with van der Waals surface area (Å²) in [5, 5.41) is 16.6. The van der Waals surface area contributed by atoms with Gasteiger partial charge in [0.05, 0.1) is 6.04 Å². The van der Waals surface area contributed by atoms with Gasteiger partial charge in [0.2, 0.25) is 11.8 Å². The highest BCUT2D eigenvalue weighted by Gasteiger charge is 2.48. The van der Waals surface area contributed by atoms with Crippen LogP contribution in [0.5, 0.6) is 0 Å². The molecule has 5 rings (SSSR count). The third-order valence-corrected chi connectivity index (χ3v) is 8.19. The number of piperidine rings is 1. The maximum atomic E-state index is 13.8. The maximum Gasteiger partial charge on any atom is 0.408 e. The number of carbonyl (C=O) groups is 5. The monoisotopic (exact) mass is 617 g/mol. The normalized spacial score (nSPS) is 19.9. The molecule has 0 unspecified atom stereocenters. The van der Waals surface area contributed by atoms with Crippen LogP contribution in [0, 0.1) is 0 Å². The number of H-pyrrole nitrogens is 1. The maximum absolute atomic E-state index is 13.8. The molecule has 2 aliphatic rings. The Kier molecular flexibility index (Phi) is 9.12. The van der Waals surface area contributed by atoms with E-state index in [1.165, 1.54) is 4.90 Å². The molecule has 3 aromatic rings. The van der Waals surface area contributed by atoms with Crippen molar-refractivity contribution < 1.29 is 33.8 Å². The summed E-state index contributed by atoms with van der Waals surface area (Å²) < 4.78 is 5.44. The van der Waals surface area contributed by atoms with Crippen molar-refractivity contribution in [2.75, 3.05) is 6.54 Å². The van der Waals surface area contributed by atoms with Crippen LogP contribution in [0.3, 0.4) is 0 Å². The van der Waals surface area contributed by atoms with Crippen LogP contribution in [0.4, 0.5) is 9.59 Å². The van der Waals surface area contributed by atoms with Crippen molar-refractivity contribution in [2.24, 2.45) is 0 Å². The minimum atomic E-state index is -1.36. The van der Waals surface area contributed by atoms with Crippen molar-refractivity contribution in [1.29, 1.82) is 0 Å². The van der Waals surface area contributed by atoms with Gasteiger partial charge < -0.3 is 30.4 Å². The van der Waals surface area contributed by atoms with E-state index < -0.39 is 59.7 Å². The number of fused-ring (bicyclic) bond motifs is 2. The van der Waals surface area contributed by atoms with Gasteiger partial charge >= 0.3 is 18.1 Å². The Morgan fingerprint density at radius 2 is 1.76 bits per heavy atom. The highest BCUT2D eigenvalue weighted by molar-refractivity contribution is 6.01. The number of ether oxygens (including phenoxy) is 1. The minimum Gasteiger partial charge on any atom is -0.480 e. The van der Waals surface area contributed by atoms with Crippen molar-refractivity contribution in [1.82, 2.24) is 25.4 Å². The Balaban J connectivity index is 1.34. The molecule has 2 aliphatic heterocycles. The van der Waals surface area contributed by atoms with Crippen molar-refractivity contribution in [3.63, 3.8) is 0 Å². The molecule has 238 valence electrons. The Bertz CT molecular complexity index is 1580. The number of aliphatic carboxylic acids is 1.